The summed E-state index contributed by atoms with van der Waals surface area (Å²) in [4.78, 5) is 0. The first-order valence-electron chi connectivity index (χ1n) is 6.16. The number of benzene rings is 1. The van der Waals surface area contributed by atoms with Gasteiger partial charge in [-0.2, -0.15) is 0 Å². The van der Waals surface area contributed by atoms with Crippen LogP contribution in [0.15, 0.2) is 18.2 Å². The number of methoxy groups -OCH3 is 1. The van der Waals surface area contributed by atoms with Crippen molar-refractivity contribution < 1.29 is 9.84 Å². The zero-order chi connectivity index (χ0) is 13.8. The third-order valence-electron chi connectivity index (χ3n) is 3.66. The molecule has 1 N–H and O–H groups in total. The van der Waals surface area contributed by atoms with Crippen molar-refractivity contribution in [3.8, 4) is 0 Å². The first kappa shape index (κ1) is 15.8. The van der Waals surface area contributed by atoms with Gasteiger partial charge in [0.05, 0.1) is 21.8 Å². The molecule has 0 aliphatic rings. The summed E-state index contributed by atoms with van der Waals surface area (Å²) >= 11 is 12.1. The van der Waals surface area contributed by atoms with Crippen molar-refractivity contribution in [3.05, 3.63) is 33.8 Å². The summed E-state index contributed by atoms with van der Waals surface area (Å²) in [5.41, 5.74) is 0.325. The molecule has 18 heavy (non-hydrogen) atoms. The molecule has 0 aromatic heterocycles. The van der Waals surface area contributed by atoms with Crippen molar-refractivity contribution in [1.29, 1.82) is 0 Å². The Morgan fingerprint density at radius 2 is 1.89 bits per heavy atom. The van der Waals surface area contributed by atoms with E-state index in [9.17, 15) is 5.11 Å². The molecule has 0 aliphatic heterocycles. The zero-order valence-electron chi connectivity index (χ0n) is 11.0. The van der Waals surface area contributed by atoms with Crippen LogP contribution >= 0.6 is 23.2 Å². The van der Waals surface area contributed by atoms with Gasteiger partial charge in [0, 0.05) is 13.5 Å². The Hall–Kier alpha value is -0.280. The van der Waals surface area contributed by atoms with Crippen molar-refractivity contribution in [2.24, 2.45) is 0 Å². The van der Waals surface area contributed by atoms with E-state index in [1.807, 2.05) is 26.0 Å². The fourth-order valence-electron chi connectivity index (χ4n) is 2.25. The molecule has 0 aliphatic carbocycles. The van der Waals surface area contributed by atoms with Gasteiger partial charge in [-0.3, -0.25) is 0 Å². The van der Waals surface area contributed by atoms with E-state index in [0.29, 0.717) is 16.5 Å². The van der Waals surface area contributed by atoms with Crippen LogP contribution in [-0.4, -0.2) is 23.9 Å². The van der Waals surface area contributed by atoms with Crippen LogP contribution in [0.5, 0.6) is 0 Å². The van der Waals surface area contributed by atoms with E-state index < -0.39 is 11.7 Å². The molecule has 1 rings (SSSR count). The van der Waals surface area contributed by atoms with E-state index in [1.54, 1.807) is 13.2 Å². The molecule has 0 saturated carbocycles. The lowest BCUT2D eigenvalue weighted by Crippen LogP contribution is -2.44. The van der Waals surface area contributed by atoms with Gasteiger partial charge < -0.3 is 9.84 Å². The Morgan fingerprint density at radius 3 is 2.39 bits per heavy atom. The minimum absolute atomic E-state index is 0.439. The molecule has 0 heterocycles. The smallest absolute Gasteiger partial charge is 0.0934 e. The Labute approximate surface area is 119 Å². The van der Waals surface area contributed by atoms with Gasteiger partial charge in [0.25, 0.3) is 0 Å². The monoisotopic (exact) mass is 290 g/mol. The van der Waals surface area contributed by atoms with Gasteiger partial charge >= 0.3 is 0 Å². The van der Waals surface area contributed by atoms with Crippen LogP contribution in [-0.2, 0) is 11.2 Å². The number of hydrogen-bond donors (Lipinski definition) is 1. The van der Waals surface area contributed by atoms with E-state index in [0.717, 1.165) is 18.4 Å². The van der Waals surface area contributed by atoms with Crippen molar-refractivity contribution in [2.45, 2.75) is 44.8 Å². The quantitative estimate of drug-likeness (QED) is 0.855. The Bertz CT molecular complexity index is 381. The number of aliphatic hydroxyl groups is 1. The Balaban J connectivity index is 2.92. The standard InChI is InChI=1S/C14H20Cl2O2/c1-4-14(5-2,18-3)12(17)9-10-7-6-8-11(15)13(10)16/h6-8,12,17H,4-5,9H2,1-3H3. The van der Waals surface area contributed by atoms with E-state index in [-0.39, 0.29) is 0 Å². The number of ether oxygens (including phenoxy) is 1. The van der Waals surface area contributed by atoms with Gasteiger partial charge in [0.1, 0.15) is 0 Å². The minimum atomic E-state index is -0.603. The SMILES string of the molecule is CCC(CC)(OC)C(O)Cc1cccc(Cl)c1Cl. The number of rotatable bonds is 6. The summed E-state index contributed by atoms with van der Waals surface area (Å²) in [6.07, 6.45) is 1.33. The van der Waals surface area contributed by atoms with Gasteiger partial charge in [-0.1, -0.05) is 49.2 Å². The third kappa shape index (κ3) is 3.18. The van der Waals surface area contributed by atoms with Gasteiger partial charge in [-0.05, 0) is 24.5 Å². The molecular weight excluding hydrogens is 271 g/mol. The second kappa shape index (κ2) is 6.76. The second-order valence-corrected chi connectivity index (χ2v) is 5.19. The van der Waals surface area contributed by atoms with Crippen molar-refractivity contribution in [1.82, 2.24) is 0 Å². The largest absolute Gasteiger partial charge is 0.390 e. The van der Waals surface area contributed by atoms with Crippen LogP contribution in [0.4, 0.5) is 0 Å². The van der Waals surface area contributed by atoms with E-state index >= 15 is 0 Å². The summed E-state index contributed by atoms with van der Waals surface area (Å²) in [6, 6.07) is 5.45. The predicted octanol–water partition coefficient (Wildman–Crippen LogP) is 4.10. The molecule has 1 aromatic rings. The summed E-state index contributed by atoms with van der Waals surface area (Å²) in [7, 11) is 1.63. The van der Waals surface area contributed by atoms with Crippen LogP contribution < -0.4 is 0 Å². The van der Waals surface area contributed by atoms with Gasteiger partial charge in [0.2, 0.25) is 0 Å². The molecule has 0 fully saturated rings. The molecule has 0 saturated heterocycles. The number of halogens is 2. The van der Waals surface area contributed by atoms with Crippen molar-refractivity contribution >= 4 is 23.2 Å². The molecule has 0 bridgehead atoms. The summed E-state index contributed by atoms with van der Waals surface area (Å²) in [5.74, 6) is 0. The molecule has 102 valence electrons. The maximum Gasteiger partial charge on any atom is 0.0934 e. The first-order valence-corrected chi connectivity index (χ1v) is 6.92. The van der Waals surface area contributed by atoms with Crippen LogP contribution in [0.1, 0.15) is 32.3 Å². The highest BCUT2D eigenvalue weighted by Crippen LogP contribution is 2.31. The van der Waals surface area contributed by atoms with Crippen molar-refractivity contribution in [3.63, 3.8) is 0 Å². The summed E-state index contributed by atoms with van der Waals surface area (Å²) < 4.78 is 5.51. The zero-order valence-corrected chi connectivity index (χ0v) is 12.6. The lowest BCUT2D eigenvalue weighted by molar-refractivity contribution is -0.106. The Morgan fingerprint density at radius 1 is 1.28 bits per heavy atom. The fourth-order valence-corrected chi connectivity index (χ4v) is 2.64. The van der Waals surface area contributed by atoms with E-state index in [2.05, 4.69) is 0 Å². The maximum absolute atomic E-state index is 10.4. The van der Waals surface area contributed by atoms with Crippen LogP contribution in [0, 0.1) is 0 Å². The molecule has 0 spiro atoms. The van der Waals surface area contributed by atoms with Crippen LogP contribution in [0.25, 0.3) is 0 Å². The molecule has 0 radical (unpaired) electrons. The molecule has 0 amide bonds. The predicted molar refractivity (Wildman–Crippen MR) is 76.5 cm³/mol. The highest BCUT2D eigenvalue weighted by molar-refractivity contribution is 6.42. The Kier molecular flexibility index (Phi) is 5.93. The minimum Gasteiger partial charge on any atom is -0.390 e. The second-order valence-electron chi connectivity index (χ2n) is 4.41. The highest BCUT2D eigenvalue weighted by Gasteiger charge is 2.34. The molecule has 1 unspecified atom stereocenters. The van der Waals surface area contributed by atoms with Crippen LogP contribution in [0.2, 0.25) is 10.0 Å². The topological polar surface area (TPSA) is 29.5 Å². The maximum atomic E-state index is 10.4. The highest BCUT2D eigenvalue weighted by atomic mass is 35.5. The molecular formula is C14H20Cl2O2. The summed E-state index contributed by atoms with van der Waals surface area (Å²) in [5, 5.41) is 11.4. The lowest BCUT2D eigenvalue weighted by atomic mass is 9.86. The number of hydrogen-bond acceptors (Lipinski definition) is 2. The molecule has 1 atom stereocenters. The van der Waals surface area contributed by atoms with E-state index in [4.69, 9.17) is 27.9 Å². The van der Waals surface area contributed by atoms with Crippen molar-refractivity contribution in [2.75, 3.05) is 7.11 Å². The van der Waals surface area contributed by atoms with Gasteiger partial charge in [0.15, 0.2) is 0 Å². The average molecular weight is 291 g/mol. The average Bonchev–Trinajstić information content (AvgIpc) is 2.38. The normalized spacial score (nSPS) is 13.7. The van der Waals surface area contributed by atoms with E-state index in [1.165, 1.54) is 0 Å². The van der Waals surface area contributed by atoms with Crippen LogP contribution in [0.3, 0.4) is 0 Å². The lowest BCUT2D eigenvalue weighted by Gasteiger charge is -2.35. The molecule has 2 nitrogen and oxygen atoms in total. The number of aliphatic hydroxyl groups excluding tert-OH is 1. The summed E-state index contributed by atoms with van der Waals surface area (Å²) in [6.45, 7) is 4.02. The third-order valence-corrected chi connectivity index (χ3v) is 4.51. The fraction of sp³-hybridized carbons (Fsp3) is 0.571. The molecule has 1 aromatic carbocycles. The van der Waals surface area contributed by atoms with Gasteiger partial charge in [-0.15, -0.1) is 0 Å². The molecule has 4 heteroatoms. The first-order chi connectivity index (χ1) is 8.50. The van der Waals surface area contributed by atoms with Gasteiger partial charge in [-0.25, -0.2) is 0 Å².